The quantitative estimate of drug-likeness (QED) is 0.531. The lowest BCUT2D eigenvalue weighted by Gasteiger charge is -2.35. The summed E-state index contributed by atoms with van der Waals surface area (Å²) in [4.78, 5) is 13.1. The van der Waals surface area contributed by atoms with E-state index in [-0.39, 0.29) is 12.0 Å². The third-order valence-corrected chi connectivity index (χ3v) is 2.78. The van der Waals surface area contributed by atoms with Crippen LogP contribution in [-0.2, 0) is 9.53 Å². The van der Waals surface area contributed by atoms with Gasteiger partial charge in [0.25, 0.3) is 0 Å². The summed E-state index contributed by atoms with van der Waals surface area (Å²) in [5, 5.41) is 9.51. The van der Waals surface area contributed by atoms with E-state index in [0.717, 1.165) is 25.8 Å². The van der Waals surface area contributed by atoms with Gasteiger partial charge in [-0.05, 0) is 26.2 Å². The van der Waals surface area contributed by atoms with Crippen LogP contribution in [0.2, 0.25) is 6.82 Å². The van der Waals surface area contributed by atoms with E-state index < -0.39 is 7.05 Å². The molecule has 0 radical (unpaired) electrons. The molecule has 0 aliphatic carbocycles. The maximum atomic E-state index is 11.1. The van der Waals surface area contributed by atoms with Gasteiger partial charge in [0.1, 0.15) is 0 Å². The Hall–Kier alpha value is -0.545. The summed E-state index contributed by atoms with van der Waals surface area (Å²) >= 11 is 0. The fourth-order valence-electron chi connectivity index (χ4n) is 2.01. The molecule has 1 aliphatic heterocycles. The van der Waals surface area contributed by atoms with Crippen LogP contribution in [0.4, 0.5) is 0 Å². The molecule has 0 unspecified atom stereocenters. The molecule has 0 amide bonds. The highest BCUT2D eigenvalue weighted by molar-refractivity contribution is 6.45. The van der Waals surface area contributed by atoms with Gasteiger partial charge in [0.05, 0.1) is 13.5 Å². The Morgan fingerprint density at radius 1 is 1.64 bits per heavy atom. The largest absolute Gasteiger partial charge is 0.469 e. The van der Waals surface area contributed by atoms with Crippen molar-refractivity contribution in [2.24, 2.45) is 0 Å². The van der Waals surface area contributed by atoms with Gasteiger partial charge in [-0.1, -0.05) is 6.42 Å². The maximum absolute atomic E-state index is 11.1. The van der Waals surface area contributed by atoms with Crippen LogP contribution in [0, 0.1) is 0 Å². The van der Waals surface area contributed by atoms with E-state index in [1.54, 1.807) is 6.82 Å². The summed E-state index contributed by atoms with van der Waals surface area (Å²) < 4.78 is 4.63. The van der Waals surface area contributed by atoms with Crippen molar-refractivity contribution in [3.8, 4) is 0 Å². The smallest absolute Gasteiger partial charge is 0.376 e. The molecule has 80 valence electrons. The predicted octanol–water partition coefficient (Wildman–Crippen LogP) is 0.514. The zero-order valence-electron chi connectivity index (χ0n) is 8.90. The predicted molar refractivity (Wildman–Crippen MR) is 54.8 cm³/mol. The van der Waals surface area contributed by atoms with Crippen LogP contribution < -0.4 is 0 Å². The van der Waals surface area contributed by atoms with Crippen LogP contribution in [0.5, 0.6) is 0 Å². The molecule has 1 rings (SSSR count). The Balaban J connectivity index is 2.49. The first kappa shape index (κ1) is 11.5. The van der Waals surface area contributed by atoms with Gasteiger partial charge < -0.3 is 14.6 Å². The van der Waals surface area contributed by atoms with Gasteiger partial charge in [0.2, 0.25) is 0 Å². The molecule has 1 saturated heterocycles. The Kier molecular flexibility index (Phi) is 4.42. The van der Waals surface area contributed by atoms with Gasteiger partial charge in [-0.2, -0.15) is 0 Å². The average Bonchev–Trinajstić information content (AvgIpc) is 2.18. The average molecular weight is 199 g/mol. The number of rotatable bonds is 3. The maximum Gasteiger partial charge on any atom is 0.376 e. The monoisotopic (exact) mass is 199 g/mol. The number of piperidine rings is 1. The molecular weight excluding hydrogens is 181 g/mol. The molecular formula is C9H18BNO3. The van der Waals surface area contributed by atoms with E-state index in [9.17, 15) is 9.82 Å². The molecule has 1 heterocycles. The van der Waals surface area contributed by atoms with Gasteiger partial charge in [-0.15, -0.1) is 0 Å². The fraction of sp³-hybridized carbons (Fsp3) is 0.889. The standard InChI is InChI=1S/C9H18BNO3/c1-10(13)11-6-4-3-5-8(11)7-9(12)14-2/h8,13H,3-7H2,1-2H3/t8-/m0/s1. The molecule has 0 bridgehead atoms. The lowest BCUT2D eigenvalue weighted by atomic mass is 9.79. The normalized spacial score (nSPS) is 23.2. The van der Waals surface area contributed by atoms with E-state index in [1.165, 1.54) is 7.11 Å². The van der Waals surface area contributed by atoms with Crippen molar-refractivity contribution in [2.45, 2.75) is 38.5 Å². The number of hydrogen-bond donors (Lipinski definition) is 1. The first-order valence-electron chi connectivity index (χ1n) is 5.15. The summed E-state index contributed by atoms with van der Waals surface area (Å²) in [6, 6.07) is 0.149. The first-order chi connectivity index (χ1) is 6.65. The zero-order valence-corrected chi connectivity index (χ0v) is 8.90. The van der Waals surface area contributed by atoms with Crippen LogP contribution in [0.15, 0.2) is 0 Å². The van der Waals surface area contributed by atoms with Gasteiger partial charge in [0, 0.05) is 6.04 Å². The molecule has 0 aromatic heterocycles. The third-order valence-electron chi connectivity index (χ3n) is 2.78. The van der Waals surface area contributed by atoms with Gasteiger partial charge in [-0.3, -0.25) is 4.79 Å². The molecule has 0 spiro atoms. The van der Waals surface area contributed by atoms with E-state index in [4.69, 9.17) is 0 Å². The van der Waals surface area contributed by atoms with Crippen LogP contribution in [0.3, 0.4) is 0 Å². The Labute approximate surface area is 85.4 Å². The number of esters is 1. The molecule has 4 nitrogen and oxygen atoms in total. The third kappa shape index (κ3) is 2.99. The zero-order chi connectivity index (χ0) is 10.6. The van der Waals surface area contributed by atoms with E-state index in [2.05, 4.69) is 4.74 Å². The second-order valence-electron chi connectivity index (χ2n) is 3.80. The Morgan fingerprint density at radius 3 is 2.93 bits per heavy atom. The minimum Gasteiger partial charge on any atom is -0.469 e. The molecule has 1 atom stereocenters. The summed E-state index contributed by atoms with van der Waals surface area (Å²) in [7, 11) is 0.933. The highest BCUT2D eigenvalue weighted by Crippen LogP contribution is 2.20. The van der Waals surface area contributed by atoms with Gasteiger partial charge in [0.15, 0.2) is 0 Å². The number of methoxy groups -OCH3 is 1. The second kappa shape index (κ2) is 5.36. The molecule has 0 aromatic rings. The first-order valence-corrected chi connectivity index (χ1v) is 5.15. The SMILES string of the molecule is COC(=O)C[C@@H]1CCCCN1B(C)O. The van der Waals surface area contributed by atoms with Crippen LogP contribution >= 0.6 is 0 Å². The minimum absolute atomic E-state index is 0.149. The van der Waals surface area contributed by atoms with Crippen molar-refractivity contribution in [1.82, 2.24) is 4.81 Å². The minimum atomic E-state index is -0.468. The van der Waals surface area contributed by atoms with Crippen molar-refractivity contribution in [3.05, 3.63) is 0 Å². The van der Waals surface area contributed by atoms with Crippen molar-refractivity contribution in [3.63, 3.8) is 0 Å². The fourth-order valence-corrected chi connectivity index (χ4v) is 2.01. The van der Waals surface area contributed by atoms with E-state index >= 15 is 0 Å². The number of ether oxygens (including phenoxy) is 1. The summed E-state index contributed by atoms with van der Waals surface area (Å²) in [5.41, 5.74) is 0. The number of carbonyl (C=O) groups is 1. The topological polar surface area (TPSA) is 49.8 Å². The molecule has 14 heavy (non-hydrogen) atoms. The molecule has 0 saturated carbocycles. The van der Waals surface area contributed by atoms with Crippen LogP contribution in [-0.4, -0.2) is 42.6 Å². The van der Waals surface area contributed by atoms with Crippen molar-refractivity contribution in [1.29, 1.82) is 0 Å². The Bertz CT molecular complexity index is 198. The molecule has 0 aromatic carbocycles. The molecule has 1 aliphatic rings. The summed E-state index contributed by atoms with van der Waals surface area (Å²) in [5.74, 6) is -0.192. The van der Waals surface area contributed by atoms with Crippen molar-refractivity contribution < 1.29 is 14.6 Å². The summed E-state index contributed by atoms with van der Waals surface area (Å²) in [6.07, 6.45) is 3.59. The van der Waals surface area contributed by atoms with Crippen molar-refractivity contribution >= 4 is 13.0 Å². The van der Waals surface area contributed by atoms with Crippen LogP contribution in [0.25, 0.3) is 0 Å². The number of carbonyl (C=O) groups excluding carboxylic acids is 1. The number of hydrogen-bond acceptors (Lipinski definition) is 4. The highest BCUT2D eigenvalue weighted by atomic mass is 16.5. The van der Waals surface area contributed by atoms with E-state index in [1.807, 2.05) is 4.81 Å². The molecule has 1 fully saturated rings. The highest BCUT2D eigenvalue weighted by Gasteiger charge is 2.29. The second-order valence-corrected chi connectivity index (χ2v) is 3.80. The molecule has 5 heteroatoms. The lowest BCUT2D eigenvalue weighted by Crippen LogP contribution is -2.48. The number of nitrogens with zero attached hydrogens (tertiary/aromatic N) is 1. The Morgan fingerprint density at radius 2 is 2.36 bits per heavy atom. The van der Waals surface area contributed by atoms with Gasteiger partial charge >= 0.3 is 13.0 Å². The van der Waals surface area contributed by atoms with Crippen LogP contribution in [0.1, 0.15) is 25.7 Å². The van der Waals surface area contributed by atoms with Crippen molar-refractivity contribution in [2.75, 3.05) is 13.7 Å². The summed E-state index contributed by atoms with van der Waals surface area (Å²) in [6.45, 7) is 2.62. The van der Waals surface area contributed by atoms with Gasteiger partial charge in [-0.25, -0.2) is 0 Å². The lowest BCUT2D eigenvalue weighted by molar-refractivity contribution is -0.141. The van der Waals surface area contributed by atoms with E-state index in [0.29, 0.717) is 6.42 Å². The molecule has 1 N–H and O–H groups in total.